The minimum absolute atomic E-state index is 0.0549. The molecule has 1 saturated carbocycles. The van der Waals surface area contributed by atoms with Gasteiger partial charge in [-0.05, 0) is 25.8 Å². The summed E-state index contributed by atoms with van der Waals surface area (Å²) in [6.07, 6.45) is 3.06. The third-order valence-corrected chi connectivity index (χ3v) is 2.89. The Morgan fingerprint density at radius 1 is 1.53 bits per heavy atom. The number of carbonyl (C=O) groups is 1. The Labute approximate surface area is 89.9 Å². The van der Waals surface area contributed by atoms with Gasteiger partial charge in [-0.25, -0.2) is 4.79 Å². The van der Waals surface area contributed by atoms with Crippen molar-refractivity contribution in [2.45, 2.75) is 31.3 Å². The van der Waals surface area contributed by atoms with Crippen molar-refractivity contribution in [3.63, 3.8) is 0 Å². The van der Waals surface area contributed by atoms with Gasteiger partial charge in [-0.1, -0.05) is 0 Å². The number of nitrogens with two attached hydrogens (primary N) is 1. The minimum Gasteiger partial charge on any atom is -0.377 e. The highest BCUT2D eigenvalue weighted by molar-refractivity contribution is 5.75. The number of urea groups is 1. The molecule has 0 aromatic rings. The first-order valence-corrected chi connectivity index (χ1v) is 5.66. The second-order valence-electron chi connectivity index (χ2n) is 4.22. The first kappa shape index (κ1) is 10.7. The van der Waals surface area contributed by atoms with Gasteiger partial charge < -0.3 is 20.7 Å². The van der Waals surface area contributed by atoms with Crippen LogP contribution in [0.4, 0.5) is 4.79 Å². The van der Waals surface area contributed by atoms with Crippen LogP contribution in [0.25, 0.3) is 0 Å². The molecular weight excluding hydrogens is 194 g/mol. The lowest BCUT2D eigenvalue weighted by atomic mass is 10.1. The maximum absolute atomic E-state index is 11.9. The average molecular weight is 213 g/mol. The highest BCUT2D eigenvalue weighted by Gasteiger charge is 2.30. The Bertz CT molecular complexity index is 229. The predicted octanol–water partition coefficient (Wildman–Crippen LogP) is -0.0920. The van der Waals surface area contributed by atoms with Gasteiger partial charge in [-0.3, -0.25) is 0 Å². The molecule has 15 heavy (non-hydrogen) atoms. The number of hydrogen-bond acceptors (Lipinski definition) is 3. The van der Waals surface area contributed by atoms with Crippen molar-refractivity contribution < 1.29 is 9.53 Å². The van der Waals surface area contributed by atoms with Crippen LogP contribution in [0.2, 0.25) is 0 Å². The van der Waals surface area contributed by atoms with Gasteiger partial charge in [0.05, 0.1) is 19.3 Å². The van der Waals surface area contributed by atoms with Crippen LogP contribution in [0, 0.1) is 0 Å². The number of ether oxygens (including phenoxy) is 1. The van der Waals surface area contributed by atoms with Crippen LogP contribution < -0.4 is 11.1 Å². The van der Waals surface area contributed by atoms with Crippen molar-refractivity contribution in [3.8, 4) is 0 Å². The van der Waals surface area contributed by atoms with Crippen molar-refractivity contribution >= 4 is 6.03 Å². The molecule has 2 amide bonds. The zero-order chi connectivity index (χ0) is 10.7. The lowest BCUT2D eigenvalue weighted by molar-refractivity contribution is 0.0104. The molecule has 5 nitrogen and oxygen atoms in total. The standard InChI is InChI=1S/C10H19N3O2/c11-4-3-9-7-15-6-5-13(9)10(14)12-8-1-2-8/h8-9H,1-7,11H2,(H,12,14). The molecule has 1 unspecified atom stereocenters. The molecule has 0 radical (unpaired) electrons. The van der Waals surface area contributed by atoms with E-state index in [0.717, 1.165) is 19.3 Å². The van der Waals surface area contributed by atoms with Gasteiger partial charge in [0, 0.05) is 12.6 Å². The molecule has 0 spiro atoms. The topological polar surface area (TPSA) is 67.6 Å². The Morgan fingerprint density at radius 2 is 2.33 bits per heavy atom. The molecule has 1 aliphatic heterocycles. The fraction of sp³-hybridized carbons (Fsp3) is 0.900. The second kappa shape index (κ2) is 4.81. The first-order valence-electron chi connectivity index (χ1n) is 5.66. The Hall–Kier alpha value is -0.810. The minimum atomic E-state index is 0.0549. The quantitative estimate of drug-likeness (QED) is 0.688. The van der Waals surface area contributed by atoms with Crippen molar-refractivity contribution in [2.24, 2.45) is 5.73 Å². The molecule has 2 fully saturated rings. The molecule has 0 aromatic heterocycles. The summed E-state index contributed by atoms with van der Waals surface area (Å²) in [7, 11) is 0. The number of morpholine rings is 1. The van der Waals surface area contributed by atoms with Crippen LogP contribution in [0.15, 0.2) is 0 Å². The Morgan fingerprint density at radius 3 is 3.00 bits per heavy atom. The van der Waals surface area contributed by atoms with E-state index >= 15 is 0 Å². The van der Waals surface area contributed by atoms with E-state index in [1.54, 1.807) is 0 Å². The number of nitrogens with zero attached hydrogens (tertiary/aromatic N) is 1. The van der Waals surface area contributed by atoms with Crippen LogP contribution in [0.1, 0.15) is 19.3 Å². The normalized spacial score (nSPS) is 26.5. The molecule has 86 valence electrons. The second-order valence-corrected chi connectivity index (χ2v) is 4.22. The largest absolute Gasteiger partial charge is 0.377 e. The molecule has 0 aromatic carbocycles. The SMILES string of the molecule is NCCC1COCCN1C(=O)NC1CC1. The van der Waals surface area contributed by atoms with E-state index in [1.807, 2.05) is 4.90 Å². The fourth-order valence-corrected chi connectivity index (χ4v) is 1.84. The van der Waals surface area contributed by atoms with Crippen molar-refractivity contribution in [3.05, 3.63) is 0 Å². The smallest absolute Gasteiger partial charge is 0.318 e. The van der Waals surface area contributed by atoms with Crippen LogP contribution >= 0.6 is 0 Å². The van der Waals surface area contributed by atoms with Gasteiger partial charge in [0.25, 0.3) is 0 Å². The summed E-state index contributed by atoms with van der Waals surface area (Å²) in [6, 6.07) is 0.626. The monoisotopic (exact) mass is 213 g/mol. The third-order valence-electron chi connectivity index (χ3n) is 2.89. The number of amides is 2. The van der Waals surface area contributed by atoms with Gasteiger partial charge >= 0.3 is 6.03 Å². The van der Waals surface area contributed by atoms with Gasteiger partial charge in [0.2, 0.25) is 0 Å². The summed E-state index contributed by atoms with van der Waals surface area (Å²) >= 11 is 0. The number of carbonyl (C=O) groups excluding carboxylic acids is 1. The molecule has 1 atom stereocenters. The Balaban J connectivity index is 1.87. The zero-order valence-electron chi connectivity index (χ0n) is 8.95. The molecule has 3 N–H and O–H groups in total. The van der Waals surface area contributed by atoms with Crippen LogP contribution in [0.3, 0.4) is 0 Å². The fourth-order valence-electron chi connectivity index (χ4n) is 1.84. The predicted molar refractivity (Wildman–Crippen MR) is 56.5 cm³/mol. The average Bonchev–Trinajstić information content (AvgIpc) is 3.03. The third kappa shape index (κ3) is 2.82. The van der Waals surface area contributed by atoms with E-state index in [-0.39, 0.29) is 12.1 Å². The van der Waals surface area contributed by atoms with Gasteiger partial charge in [-0.15, -0.1) is 0 Å². The summed E-state index contributed by atoms with van der Waals surface area (Å²) in [4.78, 5) is 13.7. The van der Waals surface area contributed by atoms with Crippen LogP contribution in [-0.2, 0) is 4.74 Å². The van der Waals surface area contributed by atoms with Crippen molar-refractivity contribution in [1.82, 2.24) is 10.2 Å². The molecule has 2 aliphatic rings. The summed E-state index contributed by atoms with van der Waals surface area (Å²) < 4.78 is 5.36. The number of hydrogen-bond donors (Lipinski definition) is 2. The lowest BCUT2D eigenvalue weighted by Crippen LogP contribution is -2.53. The van der Waals surface area contributed by atoms with E-state index in [1.165, 1.54) is 0 Å². The van der Waals surface area contributed by atoms with Gasteiger partial charge in [0.1, 0.15) is 0 Å². The zero-order valence-corrected chi connectivity index (χ0v) is 8.95. The van der Waals surface area contributed by atoms with Gasteiger partial charge in [-0.2, -0.15) is 0 Å². The first-order chi connectivity index (χ1) is 7.31. The van der Waals surface area contributed by atoms with E-state index < -0.39 is 0 Å². The van der Waals surface area contributed by atoms with E-state index in [9.17, 15) is 4.79 Å². The number of rotatable bonds is 3. The van der Waals surface area contributed by atoms with E-state index in [4.69, 9.17) is 10.5 Å². The van der Waals surface area contributed by atoms with Gasteiger partial charge in [0.15, 0.2) is 0 Å². The summed E-state index contributed by atoms with van der Waals surface area (Å²) in [5.74, 6) is 0. The van der Waals surface area contributed by atoms with Crippen LogP contribution in [-0.4, -0.2) is 49.3 Å². The highest BCUT2D eigenvalue weighted by Crippen LogP contribution is 2.20. The summed E-state index contributed by atoms with van der Waals surface area (Å²) in [6.45, 7) is 2.54. The molecule has 1 heterocycles. The van der Waals surface area contributed by atoms with E-state index in [2.05, 4.69) is 5.32 Å². The van der Waals surface area contributed by atoms with Crippen molar-refractivity contribution in [2.75, 3.05) is 26.3 Å². The van der Waals surface area contributed by atoms with Crippen LogP contribution in [0.5, 0.6) is 0 Å². The highest BCUT2D eigenvalue weighted by atomic mass is 16.5. The molecule has 0 bridgehead atoms. The molecule has 1 saturated heterocycles. The maximum atomic E-state index is 11.9. The summed E-state index contributed by atoms with van der Waals surface area (Å²) in [5, 5.41) is 3.00. The lowest BCUT2D eigenvalue weighted by Gasteiger charge is -2.35. The number of nitrogens with one attached hydrogen (secondary N) is 1. The maximum Gasteiger partial charge on any atom is 0.318 e. The molecular formula is C10H19N3O2. The van der Waals surface area contributed by atoms with Crippen molar-refractivity contribution in [1.29, 1.82) is 0 Å². The molecule has 2 rings (SSSR count). The Kier molecular flexibility index (Phi) is 3.43. The van der Waals surface area contributed by atoms with E-state index in [0.29, 0.717) is 32.3 Å². The summed E-state index contributed by atoms with van der Waals surface area (Å²) in [5.41, 5.74) is 5.52. The molecule has 5 heteroatoms. The molecule has 1 aliphatic carbocycles.